The van der Waals surface area contributed by atoms with E-state index in [-0.39, 0.29) is 41.8 Å². The Bertz CT molecular complexity index is 1570. The average Bonchev–Trinajstić information content (AvgIpc) is 3.71. The summed E-state index contributed by atoms with van der Waals surface area (Å²) in [6.45, 7) is 0.551. The van der Waals surface area contributed by atoms with Crippen LogP contribution in [0.1, 0.15) is 12.8 Å². The summed E-state index contributed by atoms with van der Waals surface area (Å²) in [5.74, 6) is -6.14. The molecule has 3 aromatic rings. The van der Waals surface area contributed by atoms with Crippen LogP contribution in [0.15, 0.2) is 71.7 Å². The van der Waals surface area contributed by atoms with Crippen molar-refractivity contribution in [3.05, 3.63) is 88.1 Å². The van der Waals surface area contributed by atoms with Crippen molar-refractivity contribution in [1.82, 2.24) is 9.47 Å². The number of carbonyl (C=O) groups is 4. The zero-order valence-electron chi connectivity index (χ0n) is 21.8. The Morgan fingerprint density at radius 3 is 2.15 bits per heavy atom. The molecule has 12 heteroatoms. The van der Waals surface area contributed by atoms with Crippen LogP contribution in [0.5, 0.6) is 0 Å². The molecule has 3 atom stereocenters. The molecule has 0 radical (unpaired) electrons. The number of nitrogens with one attached hydrogen (secondary N) is 2. The number of pyridine rings is 1. The Balaban J connectivity index is 1.34. The van der Waals surface area contributed by atoms with Gasteiger partial charge in [-0.3, -0.25) is 28.5 Å². The van der Waals surface area contributed by atoms with Gasteiger partial charge in [0.1, 0.15) is 5.82 Å². The van der Waals surface area contributed by atoms with Crippen molar-refractivity contribution in [2.75, 3.05) is 23.7 Å². The summed E-state index contributed by atoms with van der Waals surface area (Å²) >= 11 is 5.92. The standard InChI is InChI=1S/C29H27ClFN5O5/c30-17-4-6-18(7-5-17)33-27(39)23-24(25(23)29(41)35-13-10-16(11-14-35)26(32)38)28(40)34-21-9-8-19(15-20(21)31)36-12-2-1-3-22(36)37/h1-9,12,15-16,23-25H,10-11,13-14H2,(H2,32,38)(H,33,39)(H,34,40)/t23-,24+,25+/m1/s1. The number of anilines is 2. The van der Waals surface area contributed by atoms with Crippen molar-refractivity contribution in [2.24, 2.45) is 29.4 Å². The molecule has 2 heterocycles. The predicted octanol–water partition coefficient (Wildman–Crippen LogP) is 2.79. The topological polar surface area (TPSA) is 144 Å². The molecule has 2 aliphatic rings. The molecule has 10 nitrogen and oxygen atoms in total. The Morgan fingerprint density at radius 2 is 1.54 bits per heavy atom. The summed E-state index contributed by atoms with van der Waals surface area (Å²) in [6.07, 6.45) is 2.29. The van der Waals surface area contributed by atoms with Crippen LogP contribution in [0.25, 0.3) is 5.69 Å². The molecule has 0 unspecified atom stereocenters. The molecule has 1 saturated carbocycles. The minimum absolute atomic E-state index is 0.153. The van der Waals surface area contributed by atoms with E-state index in [4.69, 9.17) is 17.3 Å². The lowest BCUT2D eigenvalue weighted by Gasteiger charge is -2.30. The highest BCUT2D eigenvalue weighted by atomic mass is 35.5. The van der Waals surface area contributed by atoms with E-state index in [0.29, 0.717) is 23.6 Å². The first kappa shape index (κ1) is 28.0. The highest BCUT2D eigenvalue weighted by molar-refractivity contribution is 6.30. The van der Waals surface area contributed by atoms with Crippen LogP contribution in [0.4, 0.5) is 15.8 Å². The number of carbonyl (C=O) groups excluding carboxylic acids is 4. The zero-order chi connectivity index (χ0) is 29.3. The molecule has 1 aliphatic heterocycles. The maximum absolute atomic E-state index is 15.0. The van der Waals surface area contributed by atoms with E-state index >= 15 is 4.39 Å². The third-order valence-electron chi connectivity index (χ3n) is 7.54. The molecule has 4 amide bonds. The van der Waals surface area contributed by atoms with E-state index in [1.165, 1.54) is 33.9 Å². The van der Waals surface area contributed by atoms with Crippen molar-refractivity contribution >= 4 is 46.6 Å². The first-order chi connectivity index (χ1) is 19.6. The lowest BCUT2D eigenvalue weighted by molar-refractivity contribution is -0.137. The molecular weight excluding hydrogens is 553 g/mol. The number of benzene rings is 2. The predicted molar refractivity (Wildman–Crippen MR) is 150 cm³/mol. The summed E-state index contributed by atoms with van der Waals surface area (Å²) in [7, 11) is 0. The van der Waals surface area contributed by atoms with Gasteiger partial charge in [-0.1, -0.05) is 17.7 Å². The van der Waals surface area contributed by atoms with Crippen molar-refractivity contribution in [3.63, 3.8) is 0 Å². The molecule has 2 fully saturated rings. The lowest BCUT2D eigenvalue weighted by Crippen LogP contribution is -2.43. The second kappa shape index (κ2) is 11.5. The van der Waals surface area contributed by atoms with Crippen LogP contribution in [0.3, 0.4) is 0 Å². The fourth-order valence-corrected chi connectivity index (χ4v) is 5.36. The number of piperidine rings is 1. The second-order valence-corrected chi connectivity index (χ2v) is 10.6. The van der Waals surface area contributed by atoms with Gasteiger partial charge >= 0.3 is 0 Å². The number of nitrogens with zero attached hydrogens (tertiary/aromatic N) is 2. The van der Waals surface area contributed by atoms with E-state index in [1.54, 1.807) is 36.4 Å². The maximum Gasteiger partial charge on any atom is 0.255 e. The van der Waals surface area contributed by atoms with Gasteiger partial charge in [0.25, 0.3) is 5.56 Å². The summed E-state index contributed by atoms with van der Waals surface area (Å²) in [6, 6.07) is 14.8. The smallest absolute Gasteiger partial charge is 0.255 e. The normalized spacial score (nSPS) is 20.2. The highest BCUT2D eigenvalue weighted by Gasteiger charge is 2.63. The zero-order valence-corrected chi connectivity index (χ0v) is 22.5. The molecule has 1 saturated heterocycles. The Kier molecular flexibility index (Phi) is 7.89. The molecule has 41 heavy (non-hydrogen) atoms. The van der Waals surface area contributed by atoms with Gasteiger partial charge in [-0.2, -0.15) is 0 Å². The molecule has 212 valence electrons. The van der Waals surface area contributed by atoms with Gasteiger partial charge in [-0.25, -0.2) is 4.39 Å². The molecule has 5 rings (SSSR count). The van der Waals surface area contributed by atoms with E-state index in [2.05, 4.69) is 10.6 Å². The van der Waals surface area contributed by atoms with Crippen LogP contribution >= 0.6 is 11.6 Å². The van der Waals surface area contributed by atoms with E-state index in [9.17, 15) is 24.0 Å². The van der Waals surface area contributed by atoms with Gasteiger partial charge in [0.2, 0.25) is 23.6 Å². The fourth-order valence-electron chi connectivity index (χ4n) is 5.24. The third-order valence-corrected chi connectivity index (χ3v) is 7.79. The van der Waals surface area contributed by atoms with Crippen molar-refractivity contribution in [1.29, 1.82) is 0 Å². The number of hydrogen-bond donors (Lipinski definition) is 3. The number of primary amides is 1. The van der Waals surface area contributed by atoms with Crippen LogP contribution in [0.2, 0.25) is 5.02 Å². The summed E-state index contributed by atoms with van der Waals surface area (Å²) in [4.78, 5) is 65.1. The molecular formula is C29H27ClFN5O5. The minimum Gasteiger partial charge on any atom is -0.369 e. The number of halogens is 2. The number of amides is 4. The van der Waals surface area contributed by atoms with Gasteiger partial charge in [0.15, 0.2) is 0 Å². The van der Waals surface area contributed by atoms with Crippen LogP contribution < -0.4 is 21.9 Å². The third kappa shape index (κ3) is 5.99. The van der Waals surface area contributed by atoms with E-state index in [1.807, 2.05) is 0 Å². The number of rotatable bonds is 7. The van der Waals surface area contributed by atoms with Crippen LogP contribution in [-0.4, -0.2) is 46.2 Å². The maximum atomic E-state index is 15.0. The van der Waals surface area contributed by atoms with Gasteiger partial charge < -0.3 is 21.3 Å². The Hall–Kier alpha value is -4.51. The summed E-state index contributed by atoms with van der Waals surface area (Å²) in [5.41, 5.74) is 5.61. The number of nitrogens with two attached hydrogens (primary N) is 1. The van der Waals surface area contributed by atoms with Gasteiger partial charge in [0, 0.05) is 48.0 Å². The summed E-state index contributed by atoms with van der Waals surface area (Å²) in [5, 5.41) is 5.69. The van der Waals surface area contributed by atoms with E-state index in [0.717, 1.165) is 6.07 Å². The van der Waals surface area contributed by atoms with Gasteiger partial charge in [-0.15, -0.1) is 0 Å². The molecule has 1 aromatic heterocycles. The monoisotopic (exact) mass is 579 g/mol. The minimum atomic E-state index is -1.04. The molecule has 1 aliphatic carbocycles. The second-order valence-electron chi connectivity index (χ2n) is 10.1. The van der Waals surface area contributed by atoms with Gasteiger partial charge in [-0.05, 0) is 55.3 Å². The summed E-state index contributed by atoms with van der Waals surface area (Å²) < 4.78 is 16.3. The van der Waals surface area contributed by atoms with Crippen molar-refractivity contribution in [3.8, 4) is 5.69 Å². The van der Waals surface area contributed by atoms with Crippen LogP contribution in [-0.2, 0) is 19.2 Å². The molecule has 0 spiro atoms. The lowest BCUT2D eigenvalue weighted by atomic mass is 9.96. The quantitative estimate of drug-likeness (QED) is 0.394. The fraction of sp³-hybridized carbons (Fsp3) is 0.276. The Morgan fingerprint density at radius 1 is 0.878 bits per heavy atom. The largest absolute Gasteiger partial charge is 0.369 e. The number of aromatic nitrogens is 1. The molecule has 0 bridgehead atoms. The Labute approximate surface area is 239 Å². The van der Waals surface area contributed by atoms with Crippen molar-refractivity contribution < 1.29 is 23.6 Å². The highest BCUT2D eigenvalue weighted by Crippen LogP contribution is 2.49. The van der Waals surface area contributed by atoms with Crippen LogP contribution in [0, 0.1) is 29.5 Å². The first-order valence-corrected chi connectivity index (χ1v) is 13.4. The van der Waals surface area contributed by atoms with Crippen molar-refractivity contribution in [2.45, 2.75) is 12.8 Å². The molecule has 2 aromatic carbocycles. The van der Waals surface area contributed by atoms with Gasteiger partial charge in [0.05, 0.1) is 29.1 Å². The molecule has 4 N–H and O–H groups in total. The van der Waals surface area contributed by atoms with E-state index < -0.39 is 41.3 Å². The average molecular weight is 580 g/mol. The SMILES string of the molecule is NC(=O)C1CCN(C(=O)[C@H]2[C@H](C(=O)Nc3ccc(Cl)cc3)[C@@H]2C(=O)Nc2ccc(-n3ccccc3=O)cc2F)CC1. The number of likely N-dealkylation sites (tertiary alicyclic amines) is 1. The number of hydrogen-bond acceptors (Lipinski definition) is 5. The first-order valence-electron chi connectivity index (χ1n) is 13.1.